The molecule has 152 valence electrons. The highest BCUT2D eigenvalue weighted by Crippen LogP contribution is 2.29. The Balaban J connectivity index is 0.00000280. The molecule has 0 bridgehead atoms. The summed E-state index contributed by atoms with van der Waals surface area (Å²) in [7, 11) is 3.35. The van der Waals surface area contributed by atoms with E-state index in [1.54, 1.807) is 49.2 Å². The quantitative estimate of drug-likeness (QED) is 0.757. The van der Waals surface area contributed by atoms with Crippen LogP contribution in [-0.2, 0) is 15.1 Å². The number of hydrogen-bond acceptors (Lipinski definition) is 5. The molecular formula is C19H26ClN5O3. The van der Waals surface area contributed by atoms with Gasteiger partial charge in [0.05, 0.1) is 0 Å². The van der Waals surface area contributed by atoms with E-state index in [0.717, 1.165) is 13.1 Å². The van der Waals surface area contributed by atoms with E-state index in [4.69, 9.17) is 4.74 Å². The van der Waals surface area contributed by atoms with Crippen molar-refractivity contribution in [2.75, 3.05) is 39.1 Å². The molecule has 0 radical (unpaired) electrons. The van der Waals surface area contributed by atoms with E-state index >= 15 is 0 Å². The Morgan fingerprint density at radius 2 is 2.04 bits per heavy atom. The van der Waals surface area contributed by atoms with Gasteiger partial charge in [-0.3, -0.25) is 14.3 Å². The lowest BCUT2D eigenvalue weighted by molar-refractivity contribution is -0.130. The number of benzene rings is 1. The first-order chi connectivity index (χ1) is 13.0. The van der Waals surface area contributed by atoms with Gasteiger partial charge in [0.25, 0.3) is 11.8 Å². The first-order valence-corrected chi connectivity index (χ1v) is 8.96. The largest absolute Gasteiger partial charge is 0.484 e. The molecule has 1 aliphatic rings. The smallest absolute Gasteiger partial charge is 0.259 e. The topological polar surface area (TPSA) is 88.5 Å². The molecule has 2 heterocycles. The van der Waals surface area contributed by atoms with Gasteiger partial charge in [-0.25, -0.2) is 0 Å². The fraction of sp³-hybridized carbons (Fsp3) is 0.421. The first kappa shape index (κ1) is 21.7. The zero-order chi connectivity index (χ0) is 19.3. The maximum atomic E-state index is 13.2. The number of rotatable bonds is 6. The number of piperidine rings is 1. The number of ether oxygens (including phenoxy) is 1. The molecule has 0 saturated carbocycles. The van der Waals surface area contributed by atoms with E-state index in [9.17, 15) is 9.59 Å². The van der Waals surface area contributed by atoms with Crippen LogP contribution in [0.25, 0.3) is 0 Å². The lowest BCUT2D eigenvalue weighted by atomic mass is 9.87. The fourth-order valence-corrected chi connectivity index (χ4v) is 3.11. The Kier molecular flexibility index (Phi) is 7.42. The third-order valence-electron chi connectivity index (χ3n) is 4.75. The number of anilines is 1. The van der Waals surface area contributed by atoms with Crippen LogP contribution in [-0.4, -0.2) is 60.3 Å². The monoisotopic (exact) mass is 407 g/mol. The van der Waals surface area contributed by atoms with Crippen molar-refractivity contribution in [1.29, 1.82) is 0 Å². The van der Waals surface area contributed by atoms with Gasteiger partial charge in [0.2, 0.25) is 0 Å². The second-order valence-corrected chi connectivity index (χ2v) is 6.79. The first-order valence-electron chi connectivity index (χ1n) is 8.96. The van der Waals surface area contributed by atoms with Gasteiger partial charge in [-0.05, 0) is 44.1 Å². The highest BCUT2D eigenvalue weighted by atomic mass is 35.5. The summed E-state index contributed by atoms with van der Waals surface area (Å²) in [4.78, 5) is 26.3. The minimum atomic E-state index is -0.716. The Labute approximate surface area is 170 Å². The van der Waals surface area contributed by atoms with Crippen molar-refractivity contribution in [2.45, 2.75) is 18.4 Å². The zero-order valence-electron chi connectivity index (χ0n) is 16.1. The van der Waals surface area contributed by atoms with Crippen molar-refractivity contribution in [1.82, 2.24) is 20.0 Å². The highest BCUT2D eigenvalue weighted by molar-refractivity contribution is 5.97. The van der Waals surface area contributed by atoms with Crippen molar-refractivity contribution in [2.24, 2.45) is 0 Å². The molecule has 2 aromatic rings. The van der Waals surface area contributed by atoms with E-state index in [0.29, 0.717) is 24.3 Å². The molecule has 3 rings (SSSR count). The van der Waals surface area contributed by atoms with E-state index < -0.39 is 5.54 Å². The van der Waals surface area contributed by atoms with Crippen LogP contribution < -0.4 is 15.4 Å². The average Bonchev–Trinajstić information content (AvgIpc) is 3.22. The number of hydrogen-bond donors (Lipinski definition) is 2. The summed E-state index contributed by atoms with van der Waals surface area (Å²) in [6.07, 6.45) is 4.84. The molecular weight excluding hydrogens is 382 g/mol. The zero-order valence-corrected chi connectivity index (χ0v) is 16.9. The number of carbonyl (C=O) groups excluding carboxylic acids is 2. The predicted octanol–water partition coefficient (Wildman–Crippen LogP) is 1.49. The summed E-state index contributed by atoms with van der Waals surface area (Å²) in [5.41, 5.74) is -0.0909. The van der Waals surface area contributed by atoms with Gasteiger partial charge in [0.1, 0.15) is 11.3 Å². The molecule has 1 saturated heterocycles. The van der Waals surface area contributed by atoms with Crippen LogP contribution in [0.3, 0.4) is 0 Å². The van der Waals surface area contributed by atoms with Gasteiger partial charge in [0, 0.05) is 38.2 Å². The number of likely N-dealkylation sites (N-methyl/N-ethyl adjacent to an activating group) is 1. The number of amides is 2. The number of nitrogens with one attached hydrogen (secondary N) is 2. The minimum absolute atomic E-state index is 0. The van der Waals surface area contributed by atoms with Crippen LogP contribution in [0, 0.1) is 0 Å². The number of carbonyl (C=O) groups is 2. The predicted molar refractivity (Wildman–Crippen MR) is 109 cm³/mol. The maximum absolute atomic E-state index is 13.2. The van der Waals surface area contributed by atoms with Crippen LogP contribution in [0.15, 0.2) is 42.7 Å². The molecule has 2 N–H and O–H groups in total. The number of aromatic nitrogens is 2. The third kappa shape index (κ3) is 4.82. The maximum Gasteiger partial charge on any atom is 0.259 e. The number of nitrogens with zero attached hydrogens (tertiary/aromatic N) is 3. The molecule has 8 nitrogen and oxygen atoms in total. The molecule has 0 atom stereocenters. The molecule has 9 heteroatoms. The van der Waals surface area contributed by atoms with Crippen molar-refractivity contribution in [3.05, 3.63) is 42.7 Å². The summed E-state index contributed by atoms with van der Waals surface area (Å²) < 4.78 is 7.27. The standard InChI is InChI=1S/C19H25N5O3.ClH/c1-23(2)17(25)14-27-16-6-3-5-15(13-16)22-18(26)19(7-10-20-11-8-19)24-12-4-9-21-24;/h3-6,9,12-13,20H,7-8,10-11,14H2,1-2H3,(H,22,26);1H. The Hall–Kier alpha value is -2.58. The summed E-state index contributed by atoms with van der Waals surface area (Å²) in [6.45, 7) is 1.46. The second kappa shape index (κ2) is 9.57. The van der Waals surface area contributed by atoms with E-state index in [1.807, 2.05) is 12.3 Å². The van der Waals surface area contributed by atoms with Gasteiger partial charge in [-0.15, -0.1) is 12.4 Å². The summed E-state index contributed by atoms with van der Waals surface area (Å²) in [5.74, 6) is 0.299. The molecule has 1 fully saturated rings. The number of halogens is 1. The van der Waals surface area contributed by atoms with Gasteiger partial charge >= 0.3 is 0 Å². The summed E-state index contributed by atoms with van der Waals surface area (Å²) >= 11 is 0. The minimum Gasteiger partial charge on any atom is -0.484 e. The molecule has 1 aromatic heterocycles. The molecule has 0 spiro atoms. The molecule has 2 amide bonds. The summed E-state index contributed by atoms with van der Waals surface area (Å²) in [6, 6.07) is 8.89. The normalized spacial score (nSPS) is 15.2. The Bertz CT molecular complexity index is 789. The van der Waals surface area contributed by atoms with Crippen molar-refractivity contribution in [3.63, 3.8) is 0 Å². The summed E-state index contributed by atoms with van der Waals surface area (Å²) in [5, 5.41) is 10.6. The van der Waals surface area contributed by atoms with Crippen molar-refractivity contribution >= 4 is 29.9 Å². The van der Waals surface area contributed by atoms with Crippen LogP contribution >= 0.6 is 12.4 Å². The fourth-order valence-electron chi connectivity index (χ4n) is 3.11. The lowest BCUT2D eigenvalue weighted by Crippen LogP contribution is -2.52. The van der Waals surface area contributed by atoms with Gasteiger partial charge in [-0.1, -0.05) is 6.07 Å². The van der Waals surface area contributed by atoms with Crippen LogP contribution in [0.4, 0.5) is 5.69 Å². The van der Waals surface area contributed by atoms with Crippen LogP contribution in [0.5, 0.6) is 5.75 Å². The molecule has 1 aromatic carbocycles. The van der Waals surface area contributed by atoms with E-state index in [1.165, 1.54) is 4.90 Å². The molecule has 1 aliphatic heterocycles. The van der Waals surface area contributed by atoms with Crippen LogP contribution in [0.2, 0.25) is 0 Å². The average molecular weight is 408 g/mol. The van der Waals surface area contributed by atoms with E-state index in [-0.39, 0.29) is 30.8 Å². The van der Waals surface area contributed by atoms with Gasteiger partial charge in [0.15, 0.2) is 6.61 Å². The third-order valence-corrected chi connectivity index (χ3v) is 4.75. The van der Waals surface area contributed by atoms with E-state index in [2.05, 4.69) is 15.7 Å². The van der Waals surface area contributed by atoms with Gasteiger partial charge in [-0.2, -0.15) is 5.10 Å². The highest BCUT2D eigenvalue weighted by Gasteiger charge is 2.42. The SMILES string of the molecule is CN(C)C(=O)COc1cccc(NC(=O)C2(n3cccn3)CCNCC2)c1.Cl. The van der Waals surface area contributed by atoms with Crippen molar-refractivity contribution in [3.8, 4) is 5.75 Å². The lowest BCUT2D eigenvalue weighted by Gasteiger charge is -2.36. The van der Waals surface area contributed by atoms with Crippen LogP contribution in [0.1, 0.15) is 12.8 Å². The second-order valence-electron chi connectivity index (χ2n) is 6.79. The molecule has 28 heavy (non-hydrogen) atoms. The van der Waals surface area contributed by atoms with Gasteiger partial charge < -0.3 is 20.3 Å². The Morgan fingerprint density at radius 1 is 1.29 bits per heavy atom. The molecule has 0 aliphatic carbocycles. The van der Waals surface area contributed by atoms with Crippen molar-refractivity contribution < 1.29 is 14.3 Å². The Morgan fingerprint density at radius 3 is 2.68 bits per heavy atom. The molecule has 0 unspecified atom stereocenters.